The number of amides is 1. The van der Waals surface area contributed by atoms with Crippen molar-refractivity contribution in [2.45, 2.75) is 18.9 Å². The zero-order valence-electron chi connectivity index (χ0n) is 9.90. The molecule has 1 amide bonds. The molecule has 5 nitrogen and oxygen atoms in total. The molecular weight excluding hydrogens is 293 g/mol. The highest BCUT2D eigenvalue weighted by Gasteiger charge is 2.19. The summed E-state index contributed by atoms with van der Waals surface area (Å²) in [7, 11) is 0. The number of carbonyl (C=O) groups excluding carboxylic acids is 1. The monoisotopic (exact) mass is 305 g/mol. The van der Waals surface area contributed by atoms with E-state index in [0.717, 1.165) is 0 Å². The highest BCUT2D eigenvalue weighted by atomic mass is 35.5. The van der Waals surface area contributed by atoms with Crippen LogP contribution in [0.5, 0.6) is 0 Å². The van der Waals surface area contributed by atoms with Crippen molar-refractivity contribution in [3.8, 4) is 0 Å². The Morgan fingerprint density at radius 1 is 1.26 bits per heavy atom. The van der Waals surface area contributed by atoms with Gasteiger partial charge in [0.15, 0.2) is 0 Å². The van der Waals surface area contributed by atoms with Crippen molar-refractivity contribution in [2.24, 2.45) is 0 Å². The Bertz CT molecular complexity index is 479. The average molecular weight is 306 g/mol. The van der Waals surface area contributed by atoms with Gasteiger partial charge in [0.05, 0.1) is 16.5 Å². The van der Waals surface area contributed by atoms with Crippen molar-refractivity contribution in [3.05, 3.63) is 33.8 Å². The summed E-state index contributed by atoms with van der Waals surface area (Å²) in [5.74, 6) is -1.64. The van der Waals surface area contributed by atoms with Crippen LogP contribution in [0.1, 0.15) is 12.0 Å². The first-order valence-corrected chi connectivity index (χ1v) is 6.26. The fraction of sp³-hybridized carbons (Fsp3) is 0.333. The van der Waals surface area contributed by atoms with E-state index in [2.05, 4.69) is 5.32 Å². The fourth-order valence-electron chi connectivity index (χ4n) is 1.47. The van der Waals surface area contributed by atoms with Crippen LogP contribution in [0.4, 0.5) is 0 Å². The van der Waals surface area contributed by atoms with E-state index in [4.69, 9.17) is 33.4 Å². The molecule has 0 saturated heterocycles. The molecule has 0 fully saturated rings. The second-order valence-corrected chi connectivity index (χ2v) is 4.71. The van der Waals surface area contributed by atoms with Crippen LogP contribution in [0.2, 0.25) is 10.0 Å². The minimum absolute atomic E-state index is 0.00784. The molecule has 1 aromatic carbocycles. The van der Waals surface area contributed by atoms with Gasteiger partial charge in [-0.3, -0.25) is 4.79 Å². The first-order valence-electron chi connectivity index (χ1n) is 5.51. The summed E-state index contributed by atoms with van der Waals surface area (Å²) in [6.07, 6.45) is -0.0471. The third-order valence-corrected chi connectivity index (χ3v) is 3.14. The number of halogens is 2. The minimum atomic E-state index is -1.18. The van der Waals surface area contributed by atoms with Crippen molar-refractivity contribution in [1.82, 2.24) is 5.32 Å². The highest BCUT2D eigenvalue weighted by Crippen LogP contribution is 2.22. The molecule has 19 heavy (non-hydrogen) atoms. The SMILES string of the molecule is O=C(Cc1ccc(Cl)c(Cl)c1)NC(CCO)C(=O)O. The number of hydrogen-bond donors (Lipinski definition) is 3. The van der Waals surface area contributed by atoms with Crippen molar-refractivity contribution < 1.29 is 19.8 Å². The number of aliphatic carboxylic acids is 1. The van der Waals surface area contributed by atoms with Crippen LogP contribution in [0.25, 0.3) is 0 Å². The molecule has 0 spiro atoms. The van der Waals surface area contributed by atoms with Crippen LogP contribution >= 0.6 is 23.2 Å². The zero-order chi connectivity index (χ0) is 14.4. The molecule has 1 rings (SSSR count). The molecule has 0 aliphatic carbocycles. The maximum atomic E-state index is 11.7. The normalized spacial score (nSPS) is 11.9. The van der Waals surface area contributed by atoms with Gasteiger partial charge in [0, 0.05) is 13.0 Å². The molecule has 0 saturated carbocycles. The minimum Gasteiger partial charge on any atom is -0.480 e. The second kappa shape index (κ2) is 7.33. The van der Waals surface area contributed by atoms with Gasteiger partial charge >= 0.3 is 5.97 Å². The number of nitrogens with one attached hydrogen (secondary N) is 1. The molecule has 0 heterocycles. The third kappa shape index (κ3) is 5.06. The van der Waals surface area contributed by atoms with Gasteiger partial charge in [-0.25, -0.2) is 4.79 Å². The number of aliphatic hydroxyl groups excluding tert-OH is 1. The smallest absolute Gasteiger partial charge is 0.326 e. The lowest BCUT2D eigenvalue weighted by Crippen LogP contribution is -2.42. The predicted molar refractivity (Wildman–Crippen MR) is 71.4 cm³/mol. The Hall–Kier alpha value is -1.30. The van der Waals surface area contributed by atoms with E-state index in [1.54, 1.807) is 18.2 Å². The lowest BCUT2D eigenvalue weighted by Gasteiger charge is -2.13. The molecule has 0 radical (unpaired) electrons. The van der Waals surface area contributed by atoms with Gasteiger partial charge in [0.1, 0.15) is 6.04 Å². The molecule has 0 aliphatic rings. The van der Waals surface area contributed by atoms with Gasteiger partial charge in [-0.05, 0) is 17.7 Å². The summed E-state index contributed by atoms with van der Waals surface area (Å²) in [5, 5.41) is 20.6. The third-order valence-electron chi connectivity index (χ3n) is 2.40. The quantitative estimate of drug-likeness (QED) is 0.743. The molecule has 1 unspecified atom stereocenters. The summed E-state index contributed by atoms with van der Waals surface area (Å²) in [5.41, 5.74) is 0.625. The van der Waals surface area contributed by atoms with Gasteiger partial charge in [-0.2, -0.15) is 0 Å². The van der Waals surface area contributed by atoms with Crippen LogP contribution in [0.3, 0.4) is 0 Å². The van der Waals surface area contributed by atoms with E-state index < -0.39 is 17.9 Å². The van der Waals surface area contributed by atoms with E-state index in [0.29, 0.717) is 15.6 Å². The van der Waals surface area contributed by atoms with E-state index in [-0.39, 0.29) is 19.4 Å². The Labute approximate surface area is 120 Å². The lowest BCUT2D eigenvalue weighted by molar-refractivity contribution is -0.142. The van der Waals surface area contributed by atoms with Gasteiger partial charge in [-0.15, -0.1) is 0 Å². The summed E-state index contributed by atoms with van der Waals surface area (Å²) in [4.78, 5) is 22.5. The Morgan fingerprint density at radius 2 is 1.95 bits per heavy atom. The van der Waals surface area contributed by atoms with Crippen molar-refractivity contribution in [3.63, 3.8) is 0 Å². The zero-order valence-corrected chi connectivity index (χ0v) is 11.4. The number of carboxylic acid groups (broad SMARTS) is 1. The number of carbonyl (C=O) groups is 2. The second-order valence-electron chi connectivity index (χ2n) is 3.90. The first kappa shape index (κ1) is 15.8. The van der Waals surface area contributed by atoms with E-state index >= 15 is 0 Å². The number of rotatable bonds is 6. The van der Waals surface area contributed by atoms with Crippen LogP contribution in [-0.4, -0.2) is 34.7 Å². The van der Waals surface area contributed by atoms with Crippen molar-refractivity contribution in [1.29, 1.82) is 0 Å². The van der Waals surface area contributed by atoms with Gasteiger partial charge < -0.3 is 15.5 Å². The molecule has 1 aromatic rings. The number of hydrogen-bond acceptors (Lipinski definition) is 3. The Balaban J connectivity index is 2.63. The average Bonchev–Trinajstić information content (AvgIpc) is 2.33. The van der Waals surface area contributed by atoms with Gasteiger partial charge in [0.25, 0.3) is 0 Å². The number of benzene rings is 1. The topological polar surface area (TPSA) is 86.6 Å². The van der Waals surface area contributed by atoms with Crippen LogP contribution < -0.4 is 5.32 Å². The lowest BCUT2D eigenvalue weighted by atomic mass is 10.1. The van der Waals surface area contributed by atoms with Crippen molar-refractivity contribution >= 4 is 35.1 Å². The number of carboxylic acids is 1. The maximum absolute atomic E-state index is 11.7. The van der Waals surface area contributed by atoms with E-state index in [1.807, 2.05) is 0 Å². The summed E-state index contributed by atoms with van der Waals surface area (Å²) in [6, 6.07) is 3.65. The molecule has 0 aromatic heterocycles. The van der Waals surface area contributed by atoms with Gasteiger partial charge in [0.2, 0.25) is 5.91 Å². The predicted octanol–water partition coefficient (Wildman–Crippen LogP) is 1.49. The fourth-order valence-corrected chi connectivity index (χ4v) is 1.79. The maximum Gasteiger partial charge on any atom is 0.326 e. The molecule has 104 valence electrons. The largest absolute Gasteiger partial charge is 0.480 e. The Morgan fingerprint density at radius 3 is 2.47 bits per heavy atom. The molecule has 7 heteroatoms. The van der Waals surface area contributed by atoms with E-state index in [9.17, 15) is 9.59 Å². The molecule has 0 bridgehead atoms. The number of aliphatic hydroxyl groups is 1. The molecule has 3 N–H and O–H groups in total. The first-order chi connectivity index (χ1) is 8.93. The molecule has 1 atom stereocenters. The van der Waals surface area contributed by atoms with Crippen LogP contribution in [0, 0.1) is 0 Å². The highest BCUT2D eigenvalue weighted by molar-refractivity contribution is 6.42. The van der Waals surface area contributed by atoms with Crippen LogP contribution in [-0.2, 0) is 16.0 Å². The molecular formula is C12H13Cl2NO4. The summed E-state index contributed by atoms with van der Waals surface area (Å²) >= 11 is 11.6. The summed E-state index contributed by atoms with van der Waals surface area (Å²) in [6.45, 7) is -0.315. The standard InChI is InChI=1S/C12H13Cl2NO4/c13-8-2-1-7(5-9(8)14)6-11(17)15-10(3-4-16)12(18)19/h1-2,5,10,16H,3-4,6H2,(H,15,17)(H,18,19). The molecule has 0 aliphatic heterocycles. The summed E-state index contributed by atoms with van der Waals surface area (Å²) < 4.78 is 0. The van der Waals surface area contributed by atoms with E-state index in [1.165, 1.54) is 0 Å². The van der Waals surface area contributed by atoms with Gasteiger partial charge in [-0.1, -0.05) is 29.3 Å². The van der Waals surface area contributed by atoms with Crippen LogP contribution in [0.15, 0.2) is 18.2 Å². The Kier molecular flexibility index (Phi) is 6.08. The van der Waals surface area contributed by atoms with Crippen molar-refractivity contribution in [2.75, 3.05) is 6.61 Å².